The number of hydrogen-bond donors (Lipinski definition) is 4. The molecule has 0 aromatic heterocycles. The van der Waals surface area contributed by atoms with Gasteiger partial charge in [0.15, 0.2) is 0 Å². The van der Waals surface area contributed by atoms with Crippen LogP contribution < -0.4 is 16.4 Å². The minimum Gasteiger partial charge on any atom is -0.348 e. The zero-order valence-corrected chi connectivity index (χ0v) is 15.0. The molecule has 1 aromatic carbocycles. The molecule has 0 spiro atoms. The van der Waals surface area contributed by atoms with Gasteiger partial charge >= 0.3 is 0 Å². The molecular weight excluding hydrogens is 306 g/mol. The molecule has 2 unspecified atom stereocenters. The van der Waals surface area contributed by atoms with Crippen molar-refractivity contribution in [1.82, 2.24) is 10.6 Å². The predicted octanol–water partition coefficient (Wildman–Crippen LogP) is 2.05. The first-order valence-electron chi connectivity index (χ1n) is 8.54. The molecule has 0 saturated heterocycles. The molecule has 0 aliphatic heterocycles. The first-order valence-corrected chi connectivity index (χ1v) is 9.18. The molecule has 0 saturated carbocycles. The number of carbonyl (C=O) groups is 1. The largest absolute Gasteiger partial charge is 0.348 e. The van der Waals surface area contributed by atoms with E-state index in [4.69, 9.17) is 5.73 Å². The van der Waals surface area contributed by atoms with Crippen molar-refractivity contribution in [2.45, 2.75) is 51.2 Å². The molecule has 2 rings (SSSR count). The van der Waals surface area contributed by atoms with Gasteiger partial charge in [-0.3, -0.25) is 4.79 Å². The molecule has 0 fully saturated rings. The Morgan fingerprint density at radius 2 is 2.17 bits per heavy atom. The second-order valence-corrected chi connectivity index (χ2v) is 6.88. The highest BCUT2D eigenvalue weighted by molar-refractivity contribution is 7.80. The van der Waals surface area contributed by atoms with Crippen molar-refractivity contribution >= 4 is 18.5 Å². The third-order valence-corrected chi connectivity index (χ3v) is 5.25. The number of nitrogens with two attached hydrogens (primary N) is 1. The lowest BCUT2D eigenvalue weighted by Gasteiger charge is -2.26. The Hall–Kier alpha value is -1.04. The van der Waals surface area contributed by atoms with Crippen LogP contribution >= 0.6 is 12.6 Å². The fourth-order valence-electron chi connectivity index (χ4n) is 3.10. The molecule has 4 atom stereocenters. The van der Waals surface area contributed by atoms with Gasteiger partial charge in [-0.15, -0.1) is 0 Å². The van der Waals surface area contributed by atoms with Crippen LogP contribution in [0.15, 0.2) is 24.3 Å². The summed E-state index contributed by atoms with van der Waals surface area (Å²) >= 11 is 4.20. The molecular formula is C18H29N3OS. The monoisotopic (exact) mass is 335 g/mol. The van der Waals surface area contributed by atoms with Gasteiger partial charge in [-0.2, -0.15) is 12.6 Å². The van der Waals surface area contributed by atoms with Crippen molar-refractivity contribution in [3.05, 3.63) is 35.4 Å². The molecule has 1 aliphatic rings. The zero-order valence-electron chi connectivity index (χ0n) is 14.1. The number of aryl methyl sites for hydroxylation is 1. The van der Waals surface area contributed by atoms with Gasteiger partial charge in [0.25, 0.3) is 0 Å². The van der Waals surface area contributed by atoms with Crippen LogP contribution in [0.5, 0.6) is 0 Å². The summed E-state index contributed by atoms with van der Waals surface area (Å²) in [5.74, 6) is 0.948. The van der Waals surface area contributed by atoms with Crippen molar-refractivity contribution in [2.24, 2.45) is 11.7 Å². The number of fused-ring (bicyclic) bond motifs is 1. The van der Waals surface area contributed by atoms with E-state index < -0.39 is 0 Å². The van der Waals surface area contributed by atoms with Crippen molar-refractivity contribution in [3.8, 4) is 0 Å². The van der Waals surface area contributed by atoms with Crippen molar-refractivity contribution < 1.29 is 4.79 Å². The Labute approximate surface area is 145 Å². The number of carbonyl (C=O) groups excluding carboxylic acids is 1. The van der Waals surface area contributed by atoms with Crippen LogP contribution in [-0.4, -0.2) is 30.3 Å². The Morgan fingerprint density at radius 1 is 1.43 bits per heavy atom. The van der Waals surface area contributed by atoms with E-state index in [1.54, 1.807) is 0 Å². The smallest absolute Gasteiger partial charge is 0.237 e. The Kier molecular flexibility index (Phi) is 6.93. The van der Waals surface area contributed by atoms with Crippen LogP contribution in [0.2, 0.25) is 0 Å². The predicted molar refractivity (Wildman–Crippen MR) is 98.7 cm³/mol. The lowest BCUT2D eigenvalue weighted by Crippen LogP contribution is -2.51. The lowest BCUT2D eigenvalue weighted by atomic mass is 9.97. The molecule has 5 heteroatoms. The van der Waals surface area contributed by atoms with E-state index in [0.29, 0.717) is 12.3 Å². The van der Waals surface area contributed by atoms with Gasteiger partial charge in [-0.1, -0.05) is 44.5 Å². The molecule has 23 heavy (non-hydrogen) atoms. The summed E-state index contributed by atoms with van der Waals surface area (Å²) in [4.78, 5) is 12.8. The SMILES string of the molecule is CC[C@H](C)[C@@H](NCC(N)CS)C(=O)NC1CCc2ccccc21. The number of thiol groups is 1. The van der Waals surface area contributed by atoms with Crippen LogP contribution in [0.1, 0.15) is 43.9 Å². The standard InChI is InChI=1S/C18H29N3OS/c1-3-12(2)17(20-10-14(19)11-23)18(22)21-16-9-8-13-6-4-5-7-15(13)16/h4-7,12,14,16-17,20,23H,3,8-11,19H2,1-2H3,(H,21,22)/t12-,14?,16?,17+/m0/s1. The summed E-state index contributed by atoms with van der Waals surface area (Å²) in [6.07, 6.45) is 2.96. The molecule has 1 aromatic rings. The van der Waals surface area contributed by atoms with Crippen LogP contribution in [0.4, 0.5) is 0 Å². The quantitative estimate of drug-likeness (QED) is 0.550. The maximum absolute atomic E-state index is 12.8. The Morgan fingerprint density at radius 3 is 2.87 bits per heavy atom. The Balaban J connectivity index is 2.00. The van der Waals surface area contributed by atoms with E-state index in [1.165, 1.54) is 11.1 Å². The minimum atomic E-state index is -0.210. The summed E-state index contributed by atoms with van der Waals surface area (Å²) in [5, 5.41) is 6.56. The Bertz CT molecular complexity index is 523. The zero-order chi connectivity index (χ0) is 16.8. The third-order valence-electron chi connectivity index (χ3n) is 4.78. The molecule has 4 N–H and O–H groups in total. The highest BCUT2D eigenvalue weighted by Gasteiger charge is 2.29. The second-order valence-electron chi connectivity index (χ2n) is 6.51. The maximum atomic E-state index is 12.8. The van der Waals surface area contributed by atoms with Crippen LogP contribution in [0, 0.1) is 5.92 Å². The van der Waals surface area contributed by atoms with E-state index in [0.717, 1.165) is 19.3 Å². The molecule has 4 nitrogen and oxygen atoms in total. The maximum Gasteiger partial charge on any atom is 0.237 e. The number of benzene rings is 1. The molecule has 1 aliphatic carbocycles. The summed E-state index contributed by atoms with van der Waals surface area (Å²) in [7, 11) is 0. The summed E-state index contributed by atoms with van der Waals surface area (Å²) < 4.78 is 0. The van der Waals surface area contributed by atoms with Gasteiger partial charge in [0.2, 0.25) is 5.91 Å². The van der Waals surface area contributed by atoms with Gasteiger partial charge in [0.05, 0.1) is 12.1 Å². The van der Waals surface area contributed by atoms with E-state index >= 15 is 0 Å². The minimum absolute atomic E-state index is 0.0371. The third kappa shape index (κ3) is 4.72. The van der Waals surface area contributed by atoms with Gasteiger partial charge in [0, 0.05) is 18.3 Å². The van der Waals surface area contributed by atoms with Gasteiger partial charge in [-0.05, 0) is 29.9 Å². The van der Waals surface area contributed by atoms with Gasteiger partial charge in [-0.25, -0.2) is 0 Å². The van der Waals surface area contributed by atoms with E-state index in [9.17, 15) is 4.79 Å². The van der Waals surface area contributed by atoms with E-state index in [-0.39, 0.29) is 30.0 Å². The van der Waals surface area contributed by atoms with E-state index in [1.807, 2.05) is 6.07 Å². The van der Waals surface area contributed by atoms with Crippen molar-refractivity contribution in [3.63, 3.8) is 0 Å². The van der Waals surface area contributed by atoms with Crippen molar-refractivity contribution in [2.75, 3.05) is 12.3 Å². The van der Waals surface area contributed by atoms with Crippen molar-refractivity contribution in [1.29, 1.82) is 0 Å². The fraction of sp³-hybridized carbons (Fsp3) is 0.611. The number of amides is 1. The molecule has 0 radical (unpaired) electrons. The highest BCUT2D eigenvalue weighted by Crippen LogP contribution is 2.30. The van der Waals surface area contributed by atoms with Gasteiger partial charge in [0.1, 0.15) is 0 Å². The first-order chi connectivity index (χ1) is 11.1. The number of rotatable bonds is 8. The average Bonchev–Trinajstić information content (AvgIpc) is 2.97. The topological polar surface area (TPSA) is 67.1 Å². The lowest BCUT2D eigenvalue weighted by molar-refractivity contribution is -0.125. The molecule has 0 bridgehead atoms. The fourth-order valence-corrected chi connectivity index (χ4v) is 3.23. The second kappa shape index (κ2) is 8.71. The van der Waals surface area contributed by atoms with Crippen LogP contribution in [0.3, 0.4) is 0 Å². The highest BCUT2D eigenvalue weighted by atomic mass is 32.1. The first kappa shape index (κ1) is 18.3. The summed E-state index contributed by atoms with van der Waals surface area (Å²) in [5.41, 5.74) is 8.53. The summed E-state index contributed by atoms with van der Waals surface area (Å²) in [6, 6.07) is 8.26. The van der Waals surface area contributed by atoms with Crippen LogP contribution in [0.25, 0.3) is 0 Å². The number of hydrogen-bond acceptors (Lipinski definition) is 4. The molecule has 0 heterocycles. The van der Waals surface area contributed by atoms with E-state index in [2.05, 4.69) is 55.3 Å². The van der Waals surface area contributed by atoms with Gasteiger partial charge < -0.3 is 16.4 Å². The average molecular weight is 336 g/mol. The molecule has 1 amide bonds. The molecule has 128 valence electrons. The van der Waals surface area contributed by atoms with Crippen LogP contribution in [-0.2, 0) is 11.2 Å². The normalized spacial score (nSPS) is 20.6. The summed E-state index contributed by atoms with van der Waals surface area (Å²) in [6.45, 7) is 4.81. The number of nitrogens with one attached hydrogen (secondary N) is 2.